The lowest BCUT2D eigenvalue weighted by Gasteiger charge is -2.29. The number of halogens is 1. The second-order valence-electron chi connectivity index (χ2n) is 7.25. The summed E-state index contributed by atoms with van der Waals surface area (Å²) in [4.78, 5) is 21.0. The molecule has 0 spiro atoms. The molecule has 0 bridgehead atoms. The lowest BCUT2D eigenvalue weighted by atomic mass is 9.99. The minimum absolute atomic E-state index is 0. The molecule has 0 fully saturated rings. The molecule has 0 saturated carbocycles. The van der Waals surface area contributed by atoms with Crippen molar-refractivity contribution in [2.45, 2.75) is 32.4 Å². The standard InChI is InChI=1S/C23H30N4O.HI/c1-24-23(26(2)17-19-9-4-3-5-10-19)25-15-8-13-22(28)27-16-14-20-11-6-7-12-21(20)18-27;/h3-7,9-12H,8,13-18H2,1-2H3,(H,24,25);1H. The first-order chi connectivity index (χ1) is 13.7. The van der Waals surface area contributed by atoms with Gasteiger partial charge in [-0.2, -0.15) is 0 Å². The predicted octanol–water partition coefficient (Wildman–Crippen LogP) is 3.68. The van der Waals surface area contributed by atoms with Gasteiger partial charge in [-0.1, -0.05) is 54.6 Å². The number of aliphatic imine (C=N–C) groups is 1. The molecule has 0 saturated heterocycles. The second-order valence-corrected chi connectivity index (χ2v) is 7.25. The molecule has 1 amide bonds. The summed E-state index contributed by atoms with van der Waals surface area (Å²) in [5.74, 6) is 1.09. The normalized spacial score (nSPS) is 13.3. The highest BCUT2D eigenvalue weighted by molar-refractivity contribution is 14.0. The highest BCUT2D eigenvalue weighted by Crippen LogP contribution is 2.19. The van der Waals surface area contributed by atoms with Crippen LogP contribution in [0.4, 0.5) is 0 Å². The van der Waals surface area contributed by atoms with Crippen molar-refractivity contribution in [3.63, 3.8) is 0 Å². The van der Waals surface area contributed by atoms with Crippen LogP contribution in [0.1, 0.15) is 29.5 Å². The van der Waals surface area contributed by atoms with Crippen LogP contribution in [-0.4, -0.2) is 48.9 Å². The molecular weight excluding hydrogens is 475 g/mol. The molecule has 0 radical (unpaired) electrons. The molecule has 2 aromatic rings. The van der Waals surface area contributed by atoms with Gasteiger partial charge in [-0.15, -0.1) is 24.0 Å². The molecule has 156 valence electrons. The number of amides is 1. The Balaban J connectivity index is 0.00000300. The quantitative estimate of drug-likeness (QED) is 0.282. The minimum atomic E-state index is 0. The number of nitrogens with one attached hydrogen (secondary N) is 1. The molecule has 0 atom stereocenters. The predicted molar refractivity (Wildman–Crippen MR) is 129 cm³/mol. The van der Waals surface area contributed by atoms with Crippen LogP contribution in [0, 0.1) is 0 Å². The summed E-state index contributed by atoms with van der Waals surface area (Å²) < 4.78 is 0. The van der Waals surface area contributed by atoms with Crippen LogP contribution in [0.2, 0.25) is 0 Å². The molecule has 0 aromatic heterocycles. The summed E-state index contributed by atoms with van der Waals surface area (Å²) in [7, 11) is 3.82. The van der Waals surface area contributed by atoms with Gasteiger partial charge < -0.3 is 15.1 Å². The topological polar surface area (TPSA) is 47.9 Å². The Morgan fingerprint density at radius 2 is 1.79 bits per heavy atom. The van der Waals surface area contributed by atoms with Crippen molar-refractivity contribution in [2.75, 3.05) is 27.2 Å². The maximum Gasteiger partial charge on any atom is 0.222 e. The van der Waals surface area contributed by atoms with E-state index in [0.29, 0.717) is 6.42 Å². The fraction of sp³-hybridized carbons (Fsp3) is 0.391. The zero-order valence-corrected chi connectivity index (χ0v) is 19.6. The van der Waals surface area contributed by atoms with E-state index in [1.165, 1.54) is 16.7 Å². The number of carbonyl (C=O) groups excluding carboxylic acids is 1. The lowest BCUT2D eigenvalue weighted by Crippen LogP contribution is -2.39. The number of hydrogen-bond donors (Lipinski definition) is 1. The van der Waals surface area contributed by atoms with Crippen LogP contribution >= 0.6 is 24.0 Å². The molecule has 0 aliphatic carbocycles. The number of fused-ring (bicyclic) bond motifs is 1. The van der Waals surface area contributed by atoms with E-state index in [-0.39, 0.29) is 29.9 Å². The summed E-state index contributed by atoms with van der Waals surface area (Å²) in [6.07, 6.45) is 2.32. The number of guanidine groups is 1. The number of rotatable bonds is 6. The van der Waals surface area contributed by atoms with Crippen LogP contribution < -0.4 is 5.32 Å². The van der Waals surface area contributed by atoms with E-state index in [1.807, 2.05) is 36.2 Å². The van der Waals surface area contributed by atoms with Crippen molar-refractivity contribution in [1.82, 2.24) is 15.1 Å². The van der Waals surface area contributed by atoms with Crippen molar-refractivity contribution in [3.8, 4) is 0 Å². The molecule has 1 heterocycles. The highest BCUT2D eigenvalue weighted by atomic mass is 127. The molecule has 1 N–H and O–H groups in total. The molecule has 3 rings (SSSR count). The smallest absolute Gasteiger partial charge is 0.222 e. The van der Waals surface area contributed by atoms with Crippen molar-refractivity contribution in [1.29, 1.82) is 0 Å². The third-order valence-corrected chi connectivity index (χ3v) is 5.17. The van der Waals surface area contributed by atoms with E-state index in [9.17, 15) is 4.79 Å². The minimum Gasteiger partial charge on any atom is -0.356 e. The molecule has 2 aromatic carbocycles. The molecular formula is C23H31IN4O. The van der Waals surface area contributed by atoms with Crippen molar-refractivity contribution < 1.29 is 4.79 Å². The second kappa shape index (κ2) is 11.8. The van der Waals surface area contributed by atoms with Gasteiger partial charge in [0, 0.05) is 46.7 Å². The van der Waals surface area contributed by atoms with Gasteiger partial charge in [0.15, 0.2) is 5.96 Å². The van der Waals surface area contributed by atoms with E-state index in [4.69, 9.17) is 0 Å². The fourth-order valence-electron chi connectivity index (χ4n) is 3.62. The number of nitrogens with zero attached hydrogens (tertiary/aromatic N) is 3. The SMILES string of the molecule is CN=C(NCCCC(=O)N1CCc2ccccc2C1)N(C)Cc1ccccc1.I. The maximum atomic E-state index is 12.6. The van der Waals surface area contributed by atoms with Crippen molar-refractivity contribution in [3.05, 3.63) is 71.3 Å². The fourth-order valence-corrected chi connectivity index (χ4v) is 3.62. The van der Waals surface area contributed by atoms with E-state index in [1.54, 1.807) is 7.05 Å². The van der Waals surface area contributed by atoms with Gasteiger partial charge in [-0.3, -0.25) is 9.79 Å². The summed E-state index contributed by atoms with van der Waals surface area (Å²) >= 11 is 0. The van der Waals surface area contributed by atoms with Crippen LogP contribution in [0.15, 0.2) is 59.6 Å². The van der Waals surface area contributed by atoms with E-state index >= 15 is 0 Å². The molecule has 5 nitrogen and oxygen atoms in total. The van der Waals surface area contributed by atoms with Gasteiger partial charge in [0.2, 0.25) is 5.91 Å². The number of carbonyl (C=O) groups is 1. The van der Waals surface area contributed by atoms with Crippen LogP contribution in [-0.2, 0) is 24.3 Å². The monoisotopic (exact) mass is 506 g/mol. The first-order valence-electron chi connectivity index (χ1n) is 9.97. The molecule has 6 heteroatoms. The summed E-state index contributed by atoms with van der Waals surface area (Å²) in [6.45, 7) is 3.10. The Labute approximate surface area is 191 Å². The summed E-state index contributed by atoms with van der Waals surface area (Å²) in [5.41, 5.74) is 3.90. The van der Waals surface area contributed by atoms with Crippen molar-refractivity contribution >= 4 is 35.8 Å². The van der Waals surface area contributed by atoms with Gasteiger partial charge >= 0.3 is 0 Å². The van der Waals surface area contributed by atoms with Crippen molar-refractivity contribution in [2.24, 2.45) is 4.99 Å². The number of hydrogen-bond acceptors (Lipinski definition) is 2. The van der Waals surface area contributed by atoms with E-state index in [2.05, 4.69) is 45.5 Å². The Bertz CT molecular complexity index is 810. The zero-order valence-electron chi connectivity index (χ0n) is 17.3. The number of benzene rings is 2. The Morgan fingerprint density at radius 1 is 1.10 bits per heavy atom. The molecule has 29 heavy (non-hydrogen) atoms. The Hall–Kier alpha value is -2.09. The third kappa shape index (κ3) is 6.73. The van der Waals surface area contributed by atoms with Gasteiger partial charge in [0.1, 0.15) is 0 Å². The van der Waals surface area contributed by atoms with Crippen LogP contribution in [0.3, 0.4) is 0 Å². The maximum absolute atomic E-state index is 12.6. The average molecular weight is 506 g/mol. The van der Waals surface area contributed by atoms with Gasteiger partial charge in [0.25, 0.3) is 0 Å². The van der Waals surface area contributed by atoms with Crippen LogP contribution in [0.5, 0.6) is 0 Å². The van der Waals surface area contributed by atoms with E-state index in [0.717, 1.165) is 45.0 Å². The summed E-state index contributed by atoms with van der Waals surface area (Å²) in [5, 5.41) is 3.37. The van der Waals surface area contributed by atoms with Gasteiger partial charge in [0.05, 0.1) is 0 Å². The van der Waals surface area contributed by atoms with Crippen LogP contribution in [0.25, 0.3) is 0 Å². The van der Waals surface area contributed by atoms with Gasteiger partial charge in [-0.05, 0) is 29.5 Å². The Kier molecular flexibility index (Phi) is 9.44. The average Bonchev–Trinajstić information content (AvgIpc) is 2.74. The largest absolute Gasteiger partial charge is 0.356 e. The molecule has 1 aliphatic heterocycles. The van der Waals surface area contributed by atoms with Gasteiger partial charge in [-0.25, -0.2) is 0 Å². The first kappa shape index (κ1) is 23.2. The Morgan fingerprint density at radius 3 is 2.52 bits per heavy atom. The summed E-state index contributed by atoms with van der Waals surface area (Å²) in [6, 6.07) is 18.8. The highest BCUT2D eigenvalue weighted by Gasteiger charge is 2.19. The molecule has 1 aliphatic rings. The first-order valence-corrected chi connectivity index (χ1v) is 9.97. The zero-order chi connectivity index (χ0) is 19.8. The third-order valence-electron chi connectivity index (χ3n) is 5.17. The van der Waals surface area contributed by atoms with E-state index < -0.39 is 0 Å². The molecule has 0 unspecified atom stereocenters. The lowest BCUT2D eigenvalue weighted by molar-refractivity contribution is -0.132.